The van der Waals surface area contributed by atoms with Gasteiger partial charge in [-0.2, -0.15) is 5.10 Å². The van der Waals surface area contributed by atoms with Crippen molar-refractivity contribution in [1.82, 2.24) is 19.7 Å². The average Bonchev–Trinajstić information content (AvgIpc) is 3.02. The van der Waals surface area contributed by atoms with Gasteiger partial charge in [0.2, 0.25) is 5.88 Å². The van der Waals surface area contributed by atoms with E-state index in [9.17, 15) is 4.39 Å². The van der Waals surface area contributed by atoms with Gasteiger partial charge in [0.15, 0.2) is 5.65 Å². The smallest absolute Gasteiger partial charge is 0.233 e. The van der Waals surface area contributed by atoms with Crippen LogP contribution in [-0.2, 0) is 0 Å². The molecule has 24 heavy (non-hydrogen) atoms. The average molecular weight is 320 g/mol. The summed E-state index contributed by atoms with van der Waals surface area (Å²) in [6.07, 6.45) is 3.09. The highest BCUT2D eigenvalue weighted by molar-refractivity contribution is 5.81. The normalized spacial score (nSPS) is 10.9. The second-order valence-electron chi connectivity index (χ2n) is 5.37. The van der Waals surface area contributed by atoms with E-state index in [-0.39, 0.29) is 5.82 Å². The molecule has 2 heterocycles. The number of hydrogen-bond acceptors (Lipinski definition) is 4. The summed E-state index contributed by atoms with van der Waals surface area (Å²) in [5.41, 5.74) is 2.69. The molecule has 0 radical (unpaired) electrons. The number of fused-ring (bicyclic) bond motifs is 1. The standard InChI is InChI=1S/C18H13FN4O/c1-12-3-2-4-14(9-12)23-17-16(10-22-23)18(21-11-20-17)24-15-7-5-13(19)6-8-15/h2-11H,1H3. The lowest BCUT2D eigenvalue weighted by Gasteiger charge is -2.06. The molecule has 0 unspecified atom stereocenters. The third kappa shape index (κ3) is 2.58. The zero-order chi connectivity index (χ0) is 16.5. The van der Waals surface area contributed by atoms with Crippen LogP contribution in [0.1, 0.15) is 5.56 Å². The monoisotopic (exact) mass is 320 g/mol. The molecule has 0 saturated heterocycles. The van der Waals surface area contributed by atoms with E-state index in [4.69, 9.17) is 4.74 Å². The van der Waals surface area contributed by atoms with E-state index in [0.717, 1.165) is 11.3 Å². The number of rotatable bonds is 3. The number of halogens is 1. The van der Waals surface area contributed by atoms with Crippen LogP contribution in [0, 0.1) is 12.7 Å². The van der Waals surface area contributed by atoms with Crippen LogP contribution in [0.3, 0.4) is 0 Å². The van der Waals surface area contributed by atoms with Gasteiger partial charge in [0.25, 0.3) is 0 Å². The highest BCUT2D eigenvalue weighted by Gasteiger charge is 2.13. The van der Waals surface area contributed by atoms with Crippen molar-refractivity contribution in [1.29, 1.82) is 0 Å². The summed E-state index contributed by atoms with van der Waals surface area (Å²) in [4.78, 5) is 8.48. The van der Waals surface area contributed by atoms with Crippen LogP contribution in [-0.4, -0.2) is 19.7 Å². The van der Waals surface area contributed by atoms with Crippen molar-refractivity contribution in [2.24, 2.45) is 0 Å². The number of aryl methyl sites for hydroxylation is 1. The molecule has 0 aliphatic rings. The van der Waals surface area contributed by atoms with Crippen LogP contribution >= 0.6 is 0 Å². The molecule has 0 aliphatic carbocycles. The lowest BCUT2D eigenvalue weighted by Crippen LogP contribution is -1.98. The summed E-state index contributed by atoms with van der Waals surface area (Å²) in [6.45, 7) is 2.02. The molecule has 0 saturated carbocycles. The fourth-order valence-electron chi connectivity index (χ4n) is 2.47. The van der Waals surface area contributed by atoms with E-state index in [1.165, 1.54) is 18.5 Å². The van der Waals surface area contributed by atoms with E-state index in [2.05, 4.69) is 15.1 Å². The molecule has 0 N–H and O–H groups in total. The number of aromatic nitrogens is 4. The maximum absolute atomic E-state index is 13.0. The minimum atomic E-state index is -0.317. The SMILES string of the molecule is Cc1cccc(-n2ncc3c(Oc4ccc(F)cc4)ncnc32)c1. The molecule has 6 heteroatoms. The highest BCUT2D eigenvalue weighted by atomic mass is 19.1. The second kappa shape index (κ2) is 5.73. The van der Waals surface area contributed by atoms with Gasteiger partial charge in [0.1, 0.15) is 23.3 Å². The second-order valence-corrected chi connectivity index (χ2v) is 5.37. The Kier molecular flexibility index (Phi) is 3.42. The van der Waals surface area contributed by atoms with Crippen molar-refractivity contribution in [3.63, 3.8) is 0 Å². The highest BCUT2D eigenvalue weighted by Crippen LogP contribution is 2.27. The Morgan fingerprint density at radius 3 is 2.67 bits per heavy atom. The first-order chi connectivity index (χ1) is 11.7. The zero-order valence-electron chi connectivity index (χ0n) is 12.8. The molecule has 0 amide bonds. The number of nitrogens with zero attached hydrogens (tertiary/aromatic N) is 4. The Bertz CT molecular complexity index is 1010. The van der Waals surface area contributed by atoms with Gasteiger partial charge >= 0.3 is 0 Å². The van der Waals surface area contributed by atoms with Gasteiger partial charge in [-0.25, -0.2) is 19.0 Å². The maximum atomic E-state index is 13.0. The zero-order valence-corrected chi connectivity index (χ0v) is 12.8. The van der Waals surface area contributed by atoms with E-state index >= 15 is 0 Å². The van der Waals surface area contributed by atoms with E-state index < -0.39 is 0 Å². The molecule has 118 valence electrons. The van der Waals surface area contributed by atoms with Crippen molar-refractivity contribution in [2.75, 3.05) is 0 Å². The summed E-state index contributed by atoms with van der Waals surface area (Å²) < 4.78 is 20.5. The fraction of sp³-hybridized carbons (Fsp3) is 0.0556. The maximum Gasteiger partial charge on any atom is 0.233 e. The topological polar surface area (TPSA) is 52.8 Å². The van der Waals surface area contributed by atoms with E-state index in [1.54, 1.807) is 23.0 Å². The summed E-state index contributed by atoms with van der Waals surface area (Å²) in [5.74, 6) is 0.563. The third-order valence-corrected chi connectivity index (χ3v) is 3.60. The van der Waals surface area contributed by atoms with Gasteiger partial charge in [-0.1, -0.05) is 12.1 Å². The Balaban J connectivity index is 1.77. The van der Waals surface area contributed by atoms with Gasteiger partial charge in [0, 0.05) is 0 Å². The number of hydrogen-bond donors (Lipinski definition) is 0. The van der Waals surface area contributed by atoms with Crippen LogP contribution in [0.5, 0.6) is 11.6 Å². The van der Waals surface area contributed by atoms with Crippen molar-refractivity contribution in [3.8, 4) is 17.3 Å². The van der Waals surface area contributed by atoms with Gasteiger partial charge in [-0.3, -0.25) is 0 Å². The van der Waals surface area contributed by atoms with E-state index in [0.29, 0.717) is 22.7 Å². The molecule has 4 rings (SSSR count). The first-order valence-corrected chi connectivity index (χ1v) is 7.40. The Labute approximate surface area is 137 Å². The molecule has 0 spiro atoms. The summed E-state index contributed by atoms with van der Waals surface area (Å²) >= 11 is 0. The molecule has 4 aromatic rings. The fourth-order valence-corrected chi connectivity index (χ4v) is 2.47. The third-order valence-electron chi connectivity index (χ3n) is 3.60. The lowest BCUT2D eigenvalue weighted by molar-refractivity contribution is 0.466. The van der Waals surface area contributed by atoms with Crippen LogP contribution in [0.15, 0.2) is 61.1 Å². The molecule has 0 fully saturated rings. The van der Waals surface area contributed by atoms with Gasteiger partial charge in [0.05, 0.1) is 11.9 Å². The Morgan fingerprint density at radius 1 is 1.04 bits per heavy atom. The molecule has 2 aromatic heterocycles. The molecule has 2 aromatic carbocycles. The van der Waals surface area contributed by atoms with Crippen molar-refractivity contribution < 1.29 is 9.13 Å². The van der Waals surface area contributed by atoms with Gasteiger partial charge in [-0.05, 0) is 48.9 Å². The predicted molar refractivity (Wildman–Crippen MR) is 87.9 cm³/mol. The Hall–Kier alpha value is -3.28. The molecule has 0 atom stereocenters. The first kappa shape index (κ1) is 14.3. The number of benzene rings is 2. The molecular formula is C18H13FN4O. The Morgan fingerprint density at radius 2 is 1.88 bits per heavy atom. The van der Waals surface area contributed by atoms with Crippen molar-refractivity contribution in [2.45, 2.75) is 6.92 Å². The predicted octanol–water partition coefficient (Wildman–Crippen LogP) is 4.06. The minimum Gasteiger partial charge on any atom is -0.438 e. The summed E-state index contributed by atoms with van der Waals surface area (Å²) in [5, 5.41) is 5.08. The van der Waals surface area contributed by atoms with Crippen LogP contribution < -0.4 is 4.74 Å². The van der Waals surface area contributed by atoms with Crippen LogP contribution in [0.2, 0.25) is 0 Å². The lowest BCUT2D eigenvalue weighted by atomic mass is 10.2. The first-order valence-electron chi connectivity index (χ1n) is 7.40. The van der Waals surface area contributed by atoms with E-state index in [1.807, 2.05) is 31.2 Å². The summed E-state index contributed by atoms with van der Waals surface area (Å²) in [7, 11) is 0. The molecule has 0 aliphatic heterocycles. The molecular weight excluding hydrogens is 307 g/mol. The molecule has 0 bridgehead atoms. The van der Waals surface area contributed by atoms with Gasteiger partial charge < -0.3 is 4.74 Å². The quantitative estimate of drug-likeness (QED) is 0.571. The van der Waals surface area contributed by atoms with Crippen LogP contribution in [0.25, 0.3) is 16.7 Å². The van der Waals surface area contributed by atoms with Gasteiger partial charge in [-0.15, -0.1) is 0 Å². The summed E-state index contributed by atoms with van der Waals surface area (Å²) in [6, 6.07) is 13.7. The molecule has 5 nitrogen and oxygen atoms in total. The number of ether oxygens (including phenoxy) is 1. The van der Waals surface area contributed by atoms with Crippen LogP contribution in [0.4, 0.5) is 4.39 Å². The minimum absolute atomic E-state index is 0.317. The largest absolute Gasteiger partial charge is 0.438 e. The van der Waals surface area contributed by atoms with Crippen molar-refractivity contribution >= 4 is 11.0 Å². The van der Waals surface area contributed by atoms with Crippen molar-refractivity contribution in [3.05, 3.63) is 72.4 Å².